The van der Waals surface area contributed by atoms with Gasteiger partial charge in [-0.1, -0.05) is 23.7 Å². The van der Waals surface area contributed by atoms with E-state index in [0.717, 1.165) is 34.4 Å². The van der Waals surface area contributed by atoms with Gasteiger partial charge in [-0.3, -0.25) is 4.79 Å². The SMILES string of the molecule is CCON=C(CC)C1=C(O)CC(c2c(C)c(C)c3c(c2Cl)OC(C)(C)C3)CC1=O. The Hall–Kier alpha value is -2.01. The number of ketones is 1. The van der Waals surface area contributed by atoms with Gasteiger partial charge in [0.1, 0.15) is 23.7 Å². The van der Waals surface area contributed by atoms with Crippen LogP contribution in [0.4, 0.5) is 0 Å². The van der Waals surface area contributed by atoms with Crippen LogP contribution < -0.4 is 4.74 Å². The lowest BCUT2D eigenvalue weighted by Crippen LogP contribution is -2.25. The molecule has 6 heteroatoms. The average molecular weight is 420 g/mol. The first-order chi connectivity index (χ1) is 13.6. The van der Waals surface area contributed by atoms with Gasteiger partial charge in [0.05, 0.1) is 16.3 Å². The number of ether oxygens (including phenoxy) is 1. The van der Waals surface area contributed by atoms with E-state index in [0.29, 0.717) is 35.8 Å². The van der Waals surface area contributed by atoms with E-state index in [4.69, 9.17) is 21.2 Å². The molecule has 0 radical (unpaired) electrons. The summed E-state index contributed by atoms with van der Waals surface area (Å²) in [6, 6.07) is 0. The smallest absolute Gasteiger partial charge is 0.168 e. The van der Waals surface area contributed by atoms with Crippen LogP contribution >= 0.6 is 11.6 Å². The Morgan fingerprint density at radius 1 is 1.28 bits per heavy atom. The fourth-order valence-corrected chi connectivity index (χ4v) is 4.86. The van der Waals surface area contributed by atoms with Gasteiger partial charge in [0.2, 0.25) is 0 Å². The van der Waals surface area contributed by atoms with Gasteiger partial charge in [0.25, 0.3) is 0 Å². The van der Waals surface area contributed by atoms with Crippen molar-refractivity contribution in [2.24, 2.45) is 5.16 Å². The molecule has 1 N–H and O–H groups in total. The van der Waals surface area contributed by atoms with Crippen molar-refractivity contribution in [3.63, 3.8) is 0 Å². The largest absolute Gasteiger partial charge is 0.511 e. The summed E-state index contributed by atoms with van der Waals surface area (Å²) < 4.78 is 6.14. The maximum absolute atomic E-state index is 13.0. The lowest BCUT2D eigenvalue weighted by atomic mass is 9.78. The van der Waals surface area contributed by atoms with Gasteiger partial charge in [-0.2, -0.15) is 0 Å². The first-order valence-electron chi connectivity index (χ1n) is 10.3. The van der Waals surface area contributed by atoms with Gasteiger partial charge in [-0.15, -0.1) is 0 Å². The summed E-state index contributed by atoms with van der Waals surface area (Å²) >= 11 is 6.80. The molecule has 0 bridgehead atoms. The van der Waals surface area contributed by atoms with E-state index in [1.54, 1.807) is 0 Å². The Bertz CT molecular complexity index is 914. The molecule has 0 saturated carbocycles. The summed E-state index contributed by atoms with van der Waals surface area (Å²) in [7, 11) is 0. The number of nitrogens with zero attached hydrogens (tertiary/aromatic N) is 1. The van der Waals surface area contributed by atoms with Crippen molar-refractivity contribution in [2.45, 2.75) is 78.7 Å². The summed E-state index contributed by atoms with van der Waals surface area (Å²) in [6.07, 6.45) is 1.93. The summed E-state index contributed by atoms with van der Waals surface area (Å²) in [5.74, 6) is 0.458. The molecule has 2 aliphatic rings. The number of carbonyl (C=O) groups is 1. The normalized spacial score (nSPS) is 21.3. The molecule has 158 valence electrons. The third kappa shape index (κ3) is 3.89. The van der Waals surface area contributed by atoms with Crippen LogP contribution in [0.3, 0.4) is 0 Å². The van der Waals surface area contributed by atoms with Crippen LogP contribution in [0.15, 0.2) is 16.5 Å². The molecular weight excluding hydrogens is 390 g/mol. The number of allylic oxidation sites excluding steroid dienone is 2. The van der Waals surface area contributed by atoms with E-state index in [-0.39, 0.29) is 29.5 Å². The quantitative estimate of drug-likeness (QED) is 0.488. The molecule has 29 heavy (non-hydrogen) atoms. The van der Waals surface area contributed by atoms with Crippen LogP contribution in [-0.2, 0) is 16.1 Å². The maximum atomic E-state index is 13.0. The highest BCUT2D eigenvalue weighted by Gasteiger charge is 2.38. The summed E-state index contributed by atoms with van der Waals surface area (Å²) in [4.78, 5) is 18.1. The lowest BCUT2D eigenvalue weighted by Gasteiger charge is -2.28. The third-order valence-corrected chi connectivity index (χ3v) is 6.26. The first kappa shape index (κ1) is 21.7. The number of benzene rings is 1. The van der Waals surface area contributed by atoms with Gasteiger partial charge >= 0.3 is 0 Å². The van der Waals surface area contributed by atoms with E-state index in [1.807, 2.05) is 34.6 Å². The molecule has 0 saturated heterocycles. The van der Waals surface area contributed by atoms with Crippen LogP contribution in [0.25, 0.3) is 0 Å². The monoisotopic (exact) mass is 419 g/mol. The van der Waals surface area contributed by atoms with Gasteiger partial charge in [0, 0.05) is 30.7 Å². The molecule has 1 aromatic rings. The van der Waals surface area contributed by atoms with Gasteiger partial charge in [-0.05, 0) is 57.7 Å². The second-order valence-electron chi connectivity index (χ2n) is 8.48. The van der Waals surface area contributed by atoms with Crippen molar-refractivity contribution >= 4 is 23.1 Å². The molecule has 3 rings (SSSR count). The van der Waals surface area contributed by atoms with Crippen molar-refractivity contribution in [3.8, 4) is 5.75 Å². The zero-order valence-corrected chi connectivity index (χ0v) is 18.9. The Morgan fingerprint density at radius 3 is 2.55 bits per heavy atom. The molecule has 0 fully saturated rings. The summed E-state index contributed by atoms with van der Waals surface area (Å²) in [5.41, 5.74) is 4.75. The Morgan fingerprint density at radius 2 is 1.97 bits per heavy atom. The topological polar surface area (TPSA) is 68.1 Å². The van der Waals surface area contributed by atoms with E-state index in [1.165, 1.54) is 0 Å². The number of halogens is 1. The van der Waals surface area contributed by atoms with Crippen molar-refractivity contribution in [2.75, 3.05) is 6.61 Å². The van der Waals surface area contributed by atoms with Crippen LogP contribution in [0, 0.1) is 13.8 Å². The molecule has 1 aliphatic heterocycles. The predicted molar refractivity (Wildman–Crippen MR) is 115 cm³/mol. The van der Waals surface area contributed by atoms with Crippen LogP contribution in [0.1, 0.15) is 75.1 Å². The second-order valence-corrected chi connectivity index (χ2v) is 8.86. The fraction of sp³-hybridized carbons (Fsp3) is 0.565. The minimum absolute atomic E-state index is 0.0569. The number of carbonyl (C=O) groups excluding carboxylic acids is 1. The van der Waals surface area contributed by atoms with E-state index < -0.39 is 0 Å². The zero-order valence-electron chi connectivity index (χ0n) is 18.1. The van der Waals surface area contributed by atoms with Crippen molar-refractivity contribution < 1.29 is 19.5 Å². The number of hydrogen-bond acceptors (Lipinski definition) is 5. The van der Waals surface area contributed by atoms with Crippen molar-refractivity contribution in [3.05, 3.63) is 38.6 Å². The summed E-state index contributed by atoms with van der Waals surface area (Å²) in [5, 5.41) is 15.3. The highest BCUT2D eigenvalue weighted by atomic mass is 35.5. The highest BCUT2D eigenvalue weighted by molar-refractivity contribution is 6.33. The van der Waals surface area contributed by atoms with Crippen molar-refractivity contribution in [1.82, 2.24) is 0 Å². The number of fused-ring (bicyclic) bond motifs is 1. The number of rotatable bonds is 5. The molecule has 5 nitrogen and oxygen atoms in total. The Kier molecular flexibility index (Phi) is 6.00. The standard InChI is InChI=1S/C23H30ClNO4/c1-7-16(25-28-8-2)20-17(26)9-14(10-18(20)27)19-13(4)12(3)15-11-23(5,6)29-22(15)21(19)24/h14,26H,7-11H2,1-6H3. The van der Waals surface area contributed by atoms with E-state index in [2.05, 4.69) is 12.1 Å². The lowest BCUT2D eigenvalue weighted by molar-refractivity contribution is -0.116. The number of oxime groups is 1. The Balaban J connectivity index is 2.03. The molecule has 1 aromatic carbocycles. The third-order valence-electron chi connectivity index (χ3n) is 5.88. The fourth-order valence-electron chi connectivity index (χ4n) is 4.42. The predicted octanol–water partition coefficient (Wildman–Crippen LogP) is 5.73. The second kappa shape index (κ2) is 8.02. The minimum atomic E-state index is -0.300. The van der Waals surface area contributed by atoms with Gasteiger partial charge < -0.3 is 14.7 Å². The van der Waals surface area contributed by atoms with Crippen LogP contribution in [-0.4, -0.2) is 28.8 Å². The van der Waals surface area contributed by atoms with Gasteiger partial charge in [-0.25, -0.2) is 0 Å². The van der Waals surface area contributed by atoms with Crippen LogP contribution in [0.5, 0.6) is 5.75 Å². The minimum Gasteiger partial charge on any atom is -0.511 e. The van der Waals surface area contributed by atoms with E-state index >= 15 is 0 Å². The highest BCUT2D eigenvalue weighted by Crippen LogP contribution is 2.49. The molecule has 1 aliphatic carbocycles. The summed E-state index contributed by atoms with van der Waals surface area (Å²) in [6.45, 7) is 12.3. The average Bonchev–Trinajstić information content (AvgIpc) is 2.98. The van der Waals surface area contributed by atoms with Crippen LogP contribution in [0.2, 0.25) is 5.02 Å². The molecular formula is C23H30ClNO4. The molecule has 0 spiro atoms. The van der Waals surface area contributed by atoms with E-state index in [9.17, 15) is 9.90 Å². The molecule has 1 atom stereocenters. The van der Waals surface area contributed by atoms with Gasteiger partial charge in [0.15, 0.2) is 5.78 Å². The first-order valence-corrected chi connectivity index (χ1v) is 10.6. The maximum Gasteiger partial charge on any atom is 0.168 e. The number of Topliss-reactive ketones (excluding diaryl/α,β-unsaturated/α-hetero) is 1. The van der Waals surface area contributed by atoms with Crippen molar-refractivity contribution in [1.29, 1.82) is 0 Å². The molecule has 1 heterocycles. The molecule has 0 aromatic heterocycles. The Labute approximate surface area is 177 Å². The number of aliphatic hydroxyl groups excluding tert-OH is 1. The molecule has 1 unspecified atom stereocenters. The number of aliphatic hydroxyl groups is 1. The number of hydrogen-bond donors (Lipinski definition) is 1. The molecule has 0 amide bonds. The zero-order chi connectivity index (χ0) is 21.5.